The number of Topliss-reactive ketones (excluding diaryl/α,β-unsaturated/α-hetero) is 2. The maximum atomic E-state index is 10.2. The highest BCUT2D eigenvalue weighted by molar-refractivity contribution is 5.77. The number of unbranched alkanes of at least 4 members (excludes halogenated alkanes) is 16. The Bertz CT molecular complexity index is 1450. The molecule has 0 radical (unpaired) electrons. The zero-order chi connectivity index (χ0) is 65.7. The lowest BCUT2D eigenvalue weighted by atomic mass is 10.1. The number of ketones is 2. The molecular formula is C79H142O2. The summed E-state index contributed by atoms with van der Waals surface area (Å²) in [5.74, 6) is 9.00. The summed E-state index contributed by atoms with van der Waals surface area (Å²) in [7, 11) is 0. The highest BCUT2D eigenvalue weighted by atomic mass is 16.1. The largest absolute Gasteiger partial charge is 0.300 e. The Kier molecular flexibility index (Phi) is 180. The molecule has 1 rings (SSSR count). The number of hydrogen-bond acceptors (Lipinski definition) is 2. The van der Waals surface area contributed by atoms with E-state index in [1.807, 2.05) is 89.3 Å². The molecule has 0 N–H and O–H groups in total. The van der Waals surface area contributed by atoms with Gasteiger partial charge in [0.1, 0.15) is 11.6 Å². The van der Waals surface area contributed by atoms with Crippen LogP contribution >= 0.6 is 0 Å². The number of aryl methyl sites for hydroxylation is 1. The first kappa shape index (κ1) is 107. The van der Waals surface area contributed by atoms with Crippen molar-refractivity contribution in [3.63, 3.8) is 0 Å². The maximum Gasteiger partial charge on any atom is 0.132 e. The molecule has 0 bridgehead atoms. The Morgan fingerprint density at radius 1 is 0.469 bits per heavy atom. The third kappa shape index (κ3) is 238. The minimum Gasteiger partial charge on any atom is -0.300 e. The van der Waals surface area contributed by atoms with Crippen molar-refractivity contribution in [3.05, 3.63) is 156 Å². The van der Waals surface area contributed by atoms with Crippen molar-refractivity contribution in [1.29, 1.82) is 0 Å². The Hall–Kier alpha value is -5.36. The molecule has 0 unspecified atom stereocenters. The van der Waals surface area contributed by atoms with E-state index in [4.69, 9.17) is 19.3 Å². The molecule has 470 valence electrons. The van der Waals surface area contributed by atoms with E-state index in [1.54, 1.807) is 25.2 Å². The van der Waals surface area contributed by atoms with Crippen LogP contribution in [0.5, 0.6) is 0 Å². The van der Waals surface area contributed by atoms with Crippen LogP contribution in [0.15, 0.2) is 145 Å². The first-order valence-corrected chi connectivity index (χ1v) is 31.2. The first-order valence-electron chi connectivity index (χ1n) is 31.2. The third-order valence-electron chi connectivity index (χ3n) is 9.33. The van der Waals surface area contributed by atoms with Crippen molar-refractivity contribution in [2.75, 3.05) is 0 Å². The lowest BCUT2D eigenvalue weighted by Gasteiger charge is -1.94. The molecule has 0 amide bonds. The smallest absolute Gasteiger partial charge is 0.132 e. The minimum atomic E-state index is 0.255. The predicted octanol–water partition coefficient (Wildman–Crippen LogP) is 27.0. The minimum absolute atomic E-state index is 0.255. The van der Waals surface area contributed by atoms with E-state index in [1.165, 1.54) is 127 Å². The second-order valence-corrected chi connectivity index (χ2v) is 18.3. The second-order valence-electron chi connectivity index (χ2n) is 18.3. The Balaban J connectivity index is -0.0000000565. The van der Waals surface area contributed by atoms with E-state index in [-0.39, 0.29) is 5.78 Å². The lowest BCUT2D eigenvalue weighted by Crippen LogP contribution is -1.88. The van der Waals surface area contributed by atoms with E-state index >= 15 is 0 Å². The molecule has 0 spiro atoms. The van der Waals surface area contributed by atoms with Gasteiger partial charge in [0, 0.05) is 38.5 Å². The van der Waals surface area contributed by atoms with Crippen molar-refractivity contribution in [2.45, 2.75) is 291 Å². The standard InChI is InChI=1S/C9H10.C9H18.C9H14.C6H12.C6H8.C5H10O.2C5H12.2C5H10.C5H6.C4H8O.2C3H6/c1-3-9-6-4-5-8(2)7-9;2*1-3-5-7-9-8-6-4-2;2*1-3-5-6-4-2;1-3-5(6)4-2;1-4-5(2)3;4*1-3-5-4-2;1-3-4(2)5;2*1-3-2/h3-7H,1H2,2H3;3H,1,4-9H2,2H3;1,4H,2,5-9H2;3H,1,4-6H2,2H3;1,4H,2,5-6H2;3-4H2,1-2H3;5H,4H2,1-3H3;3-5H2,1-2H3;2*3H,1,4-5H2,2H3;1,4H,2,5H2;3H2,1-2H3;2*3H,1H2,2H3. The molecule has 0 saturated heterocycles. The normalized spacial score (nSPS) is 7.83. The third-order valence-corrected chi connectivity index (χ3v) is 9.33. The van der Waals surface area contributed by atoms with Crippen LogP contribution in [0.4, 0.5) is 0 Å². The summed E-state index contributed by atoms with van der Waals surface area (Å²) in [6.45, 7) is 68.1. The van der Waals surface area contributed by atoms with Crippen LogP contribution in [0.3, 0.4) is 0 Å². The quantitative estimate of drug-likeness (QED) is 0.0476. The van der Waals surface area contributed by atoms with Gasteiger partial charge in [0.25, 0.3) is 0 Å². The van der Waals surface area contributed by atoms with Gasteiger partial charge in [-0.05, 0) is 97.0 Å². The van der Waals surface area contributed by atoms with Crippen molar-refractivity contribution >= 4 is 17.6 Å². The van der Waals surface area contributed by atoms with Gasteiger partial charge in [-0.2, -0.15) is 0 Å². The van der Waals surface area contributed by atoms with E-state index in [2.05, 4.69) is 165 Å². The van der Waals surface area contributed by atoms with Gasteiger partial charge in [-0.3, -0.25) is 4.79 Å². The fourth-order valence-corrected chi connectivity index (χ4v) is 4.01. The number of hydrogen-bond donors (Lipinski definition) is 0. The fraction of sp³-hybridized carbons (Fsp3) is 0.570. The SMILES string of the molecule is C#CCC=C.C#CCCC=C.C#CCCCCCC=C.C=CC.C=CC.C=CCCC.C=CCCC.C=CCCCC.C=CCCCCCCC.C=Cc1cccc(C)c1.CCC(=O)CC.CCC(C)=O.CCC(C)C.CCCCC. The number of benzene rings is 1. The highest BCUT2D eigenvalue weighted by Crippen LogP contribution is 2.05. The number of carbonyl (C=O) groups excluding carboxylic acids is 2. The van der Waals surface area contributed by atoms with Crippen LogP contribution in [0.1, 0.15) is 295 Å². The lowest BCUT2D eigenvalue weighted by molar-refractivity contribution is -0.118. The zero-order valence-electron chi connectivity index (χ0n) is 57.6. The predicted molar refractivity (Wildman–Crippen MR) is 387 cm³/mol. The molecule has 1 aromatic carbocycles. The first-order chi connectivity index (χ1) is 38.8. The molecule has 0 saturated carbocycles. The maximum absolute atomic E-state index is 10.2. The van der Waals surface area contributed by atoms with Gasteiger partial charge in [0.05, 0.1) is 0 Å². The molecule has 1 aromatic rings. The van der Waals surface area contributed by atoms with Gasteiger partial charge >= 0.3 is 0 Å². The Morgan fingerprint density at radius 3 is 1.00 bits per heavy atom. The van der Waals surface area contributed by atoms with Gasteiger partial charge in [-0.1, -0.05) is 264 Å². The van der Waals surface area contributed by atoms with Crippen LogP contribution < -0.4 is 0 Å². The van der Waals surface area contributed by atoms with Gasteiger partial charge in [-0.25, -0.2) is 0 Å². The number of rotatable bonds is 28. The Morgan fingerprint density at radius 2 is 0.827 bits per heavy atom. The van der Waals surface area contributed by atoms with Crippen molar-refractivity contribution < 1.29 is 9.59 Å². The zero-order valence-corrected chi connectivity index (χ0v) is 57.6. The molecule has 0 heterocycles. The summed E-state index contributed by atoms with van der Waals surface area (Å²) in [5.41, 5.74) is 2.47. The Labute approximate surface area is 514 Å². The van der Waals surface area contributed by atoms with Gasteiger partial charge in [0.2, 0.25) is 0 Å². The molecule has 2 heteroatoms. The molecule has 2 nitrogen and oxygen atoms in total. The second kappa shape index (κ2) is 136. The average Bonchev–Trinajstić information content (AvgIpc) is 3.46. The number of carbonyl (C=O) groups is 2. The molecule has 0 fully saturated rings. The van der Waals surface area contributed by atoms with Crippen LogP contribution in [-0.4, -0.2) is 11.6 Å². The van der Waals surface area contributed by atoms with Crippen LogP contribution in [0.25, 0.3) is 6.08 Å². The summed E-state index contributed by atoms with van der Waals surface area (Å²) < 4.78 is 0. The highest BCUT2D eigenvalue weighted by Gasteiger charge is 1.87. The molecule has 0 aliphatic heterocycles. The molecule has 0 atom stereocenters. The van der Waals surface area contributed by atoms with Crippen molar-refractivity contribution in [1.82, 2.24) is 0 Å². The fourth-order valence-electron chi connectivity index (χ4n) is 4.01. The number of terminal acetylenes is 3. The average molecular weight is 1120 g/mol. The van der Waals surface area contributed by atoms with Crippen molar-refractivity contribution in [2.24, 2.45) is 5.92 Å². The van der Waals surface area contributed by atoms with E-state index in [9.17, 15) is 9.59 Å². The summed E-state index contributed by atoms with van der Waals surface area (Å²) in [6, 6.07) is 8.26. The van der Waals surface area contributed by atoms with Crippen molar-refractivity contribution in [3.8, 4) is 37.0 Å². The topological polar surface area (TPSA) is 34.1 Å². The summed E-state index contributed by atoms with van der Waals surface area (Å²) in [5, 5.41) is 0. The van der Waals surface area contributed by atoms with Crippen LogP contribution in [-0.2, 0) is 9.59 Å². The number of allylic oxidation sites excluding steroid dienone is 9. The summed E-state index contributed by atoms with van der Waals surface area (Å²) in [4.78, 5) is 20.0. The van der Waals surface area contributed by atoms with E-state index in [0.717, 1.165) is 44.4 Å². The molecule has 81 heavy (non-hydrogen) atoms. The van der Waals surface area contributed by atoms with Gasteiger partial charge in [0.15, 0.2) is 0 Å². The van der Waals surface area contributed by atoms with Crippen LogP contribution in [0.2, 0.25) is 0 Å². The summed E-state index contributed by atoms with van der Waals surface area (Å²) >= 11 is 0. The summed E-state index contributed by atoms with van der Waals surface area (Å²) in [6.07, 6.45) is 65.6. The van der Waals surface area contributed by atoms with Gasteiger partial charge < -0.3 is 4.79 Å². The van der Waals surface area contributed by atoms with Crippen LogP contribution in [0, 0.1) is 49.9 Å². The molecule has 0 aliphatic rings. The van der Waals surface area contributed by atoms with E-state index in [0.29, 0.717) is 31.5 Å². The molecule has 0 aromatic heterocycles. The molecular weight excluding hydrogens is 981 g/mol. The monoisotopic (exact) mass is 1120 g/mol. The van der Waals surface area contributed by atoms with E-state index < -0.39 is 0 Å². The van der Waals surface area contributed by atoms with Gasteiger partial charge in [-0.15, -0.1) is 96.2 Å². The molecule has 0 aliphatic carbocycles.